The van der Waals surface area contributed by atoms with E-state index in [1.165, 1.54) is 0 Å². The predicted octanol–water partition coefficient (Wildman–Crippen LogP) is 4.36. The summed E-state index contributed by atoms with van der Waals surface area (Å²) in [5.41, 5.74) is 0. The minimum Gasteiger partial charge on any atom is -0.377 e. The van der Waals surface area contributed by atoms with E-state index < -0.39 is 6.17 Å². The molecule has 1 unspecified atom stereocenters. The summed E-state index contributed by atoms with van der Waals surface area (Å²) in [5.74, 6) is 1.19. The SMILES string of the molecule is CC(C)[C@@H]1C[C@H](OCCC(C)N2C[C@@H](F)C[C@H]2C(C)C)CN1C(C)C. The highest BCUT2D eigenvalue weighted by Gasteiger charge is 2.37. The van der Waals surface area contributed by atoms with Crippen LogP contribution in [0.25, 0.3) is 0 Å². The summed E-state index contributed by atoms with van der Waals surface area (Å²) in [6.45, 7) is 18.3. The summed E-state index contributed by atoms with van der Waals surface area (Å²) >= 11 is 0. The van der Waals surface area contributed by atoms with Crippen molar-refractivity contribution in [3.05, 3.63) is 0 Å². The summed E-state index contributed by atoms with van der Waals surface area (Å²) in [6, 6.07) is 2.01. The molecular weight excluding hydrogens is 315 g/mol. The second-order valence-corrected chi connectivity index (χ2v) is 9.31. The van der Waals surface area contributed by atoms with E-state index in [2.05, 4.69) is 58.3 Å². The lowest BCUT2D eigenvalue weighted by Crippen LogP contribution is -2.41. The molecule has 25 heavy (non-hydrogen) atoms. The molecule has 0 N–H and O–H groups in total. The maximum absolute atomic E-state index is 13.9. The van der Waals surface area contributed by atoms with Crippen LogP contribution in [0.5, 0.6) is 0 Å². The fraction of sp³-hybridized carbons (Fsp3) is 1.00. The Labute approximate surface area is 155 Å². The van der Waals surface area contributed by atoms with Crippen LogP contribution >= 0.6 is 0 Å². The fourth-order valence-electron chi connectivity index (χ4n) is 4.79. The molecule has 148 valence electrons. The highest BCUT2D eigenvalue weighted by Crippen LogP contribution is 2.30. The zero-order valence-electron chi connectivity index (χ0n) is 17.5. The standard InChI is InChI=1S/C21H41FN2O/c1-14(2)20-10-18(22)12-24(20)17(7)8-9-25-19-11-21(15(3)4)23(13-19)16(5)6/h14-21H,8-13H2,1-7H3/t17?,18-,19-,20-,21-/m0/s1. The summed E-state index contributed by atoms with van der Waals surface area (Å²) in [5, 5.41) is 0. The Bertz CT molecular complexity index is 385. The molecule has 2 saturated heterocycles. The molecule has 2 rings (SSSR count). The van der Waals surface area contributed by atoms with Crippen molar-refractivity contribution in [2.45, 2.75) is 104 Å². The highest BCUT2D eigenvalue weighted by molar-refractivity contribution is 4.91. The van der Waals surface area contributed by atoms with E-state index in [4.69, 9.17) is 4.74 Å². The van der Waals surface area contributed by atoms with Gasteiger partial charge >= 0.3 is 0 Å². The van der Waals surface area contributed by atoms with E-state index in [0.717, 1.165) is 26.0 Å². The van der Waals surface area contributed by atoms with Gasteiger partial charge in [0.05, 0.1) is 6.10 Å². The number of nitrogens with zero attached hydrogens (tertiary/aromatic N) is 2. The molecule has 0 aromatic carbocycles. The van der Waals surface area contributed by atoms with Gasteiger partial charge in [0.25, 0.3) is 0 Å². The molecule has 0 bridgehead atoms. The smallest absolute Gasteiger partial charge is 0.114 e. The molecule has 0 amide bonds. The van der Waals surface area contributed by atoms with Gasteiger partial charge < -0.3 is 4.74 Å². The van der Waals surface area contributed by atoms with Gasteiger partial charge in [-0.3, -0.25) is 9.80 Å². The van der Waals surface area contributed by atoms with Crippen molar-refractivity contribution in [1.82, 2.24) is 9.80 Å². The lowest BCUT2D eigenvalue weighted by molar-refractivity contribution is 0.0368. The lowest BCUT2D eigenvalue weighted by atomic mass is 10.00. The van der Waals surface area contributed by atoms with Gasteiger partial charge in [-0.2, -0.15) is 0 Å². The second-order valence-electron chi connectivity index (χ2n) is 9.31. The van der Waals surface area contributed by atoms with Crippen LogP contribution in [0.3, 0.4) is 0 Å². The van der Waals surface area contributed by atoms with Gasteiger partial charge in [0.15, 0.2) is 0 Å². The maximum Gasteiger partial charge on any atom is 0.114 e. The summed E-state index contributed by atoms with van der Waals surface area (Å²) in [7, 11) is 0. The van der Waals surface area contributed by atoms with Crippen molar-refractivity contribution in [1.29, 1.82) is 0 Å². The van der Waals surface area contributed by atoms with Crippen LogP contribution < -0.4 is 0 Å². The van der Waals surface area contributed by atoms with Crippen molar-refractivity contribution in [3.8, 4) is 0 Å². The molecule has 2 heterocycles. The quantitative estimate of drug-likeness (QED) is 0.643. The largest absolute Gasteiger partial charge is 0.377 e. The highest BCUT2D eigenvalue weighted by atomic mass is 19.1. The third-order valence-electron chi connectivity index (χ3n) is 6.33. The molecule has 2 fully saturated rings. The minimum absolute atomic E-state index is 0.357. The minimum atomic E-state index is -0.656. The molecule has 0 aromatic rings. The Morgan fingerprint density at radius 2 is 1.48 bits per heavy atom. The third-order valence-corrected chi connectivity index (χ3v) is 6.33. The molecule has 3 nitrogen and oxygen atoms in total. The van der Waals surface area contributed by atoms with Crippen molar-refractivity contribution in [2.75, 3.05) is 19.7 Å². The number of halogens is 1. The Morgan fingerprint density at radius 3 is 2.00 bits per heavy atom. The van der Waals surface area contributed by atoms with Gasteiger partial charge in [0.1, 0.15) is 6.17 Å². The van der Waals surface area contributed by atoms with E-state index in [-0.39, 0.29) is 0 Å². The number of rotatable bonds is 8. The van der Waals surface area contributed by atoms with E-state index in [1.54, 1.807) is 0 Å². The topological polar surface area (TPSA) is 15.7 Å². The van der Waals surface area contributed by atoms with Crippen molar-refractivity contribution in [3.63, 3.8) is 0 Å². The summed E-state index contributed by atoms with van der Waals surface area (Å²) < 4.78 is 20.1. The lowest BCUT2D eigenvalue weighted by Gasteiger charge is -2.33. The van der Waals surface area contributed by atoms with E-state index in [1.807, 2.05) is 0 Å². The van der Waals surface area contributed by atoms with Crippen LogP contribution in [-0.4, -0.2) is 65.9 Å². The zero-order valence-corrected chi connectivity index (χ0v) is 17.5. The van der Waals surface area contributed by atoms with Crippen LogP contribution in [0.1, 0.15) is 67.7 Å². The fourth-order valence-corrected chi connectivity index (χ4v) is 4.79. The molecular formula is C21H41FN2O. The second kappa shape index (κ2) is 9.14. The first-order valence-electron chi connectivity index (χ1n) is 10.5. The Kier molecular flexibility index (Phi) is 7.72. The van der Waals surface area contributed by atoms with Gasteiger partial charge in [-0.05, 0) is 51.9 Å². The van der Waals surface area contributed by atoms with Crippen LogP contribution in [-0.2, 0) is 4.74 Å². The summed E-state index contributed by atoms with van der Waals surface area (Å²) in [6.07, 6.45) is 2.55. The van der Waals surface area contributed by atoms with Crippen LogP contribution in [0.4, 0.5) is 4.39 Å². The number of alkyl halides is 1. The molecule has 5 atom stereocenters. The van der Waals surface area contributed by atoms with Gasteiger partial charge in [-0.25, -0.2) is 4.39 Å². The molecule has 2 aliphatic rings. The van der Waals surface area contributed by atoms with Gasteiger partial charge in [0, 0.05) is 43.9 Å². The Balaban J connectivity index is 1.78. The van der Waals surface area contributed by atoms with E-state index in [0.29, 0.717) is 55.1 Å². The Morgan fingerprint density at radius 1 is 0.880 bits per heavy atom. The summed E-state index contributed by atoms with van der Waals surface area (Å²) in [4.78, 5) is 4.98. The van der Waals surface area contributed by atoms with Crippen molar-refractivity contribution in [2.24, 2.45) is 11.8 Å². The number of ether oxygens (including phenoxy) is 1. The van der Waals surface area contributed by atoms with E-state index >= 15 is 0 Å². The van der Waals surface area contributed by atoms with Crippen LogP contribution in [0, 0.1) is 11.8 Å². The first-order chi connectivity index (χ1) is 11.7. The average molecular weight is 357 g/mol. The molecule has 2 aliphatic heterocycles. The maximum atomic E-state index is 13.9. The predicted molar refractivity (Wildman–Crippen MR) is 104 cm³/mol. The van der Waals surface area contributed by atoms with Crippen LogP contribution in [0.15, 0.2) is 0 Å². The molecule has 0 radical (unpaired) electrons. The van der Waals surface area contributed by atoms with Crippen molar-refractivity contribution >= 4 is 0 Å². The first kappa shape index (κ1) is 21.1. The molecule has 0 aromatic heterocycles. The van der Waals surface area contributed by atoms with Crippen molar-refractivity contribution < 1.29 is 9.13 Å². The molecule has 0 spiro atoms. The molecule has 0 aliphatic carbocycles. The average Bonchev–Trinajstić information content (AvgIpc) is 3.11. The number of hydrogen-bond donors (Lipinski definition) is 0. The Hall–Kier alpha value is -0.190. The molecule has 0 saturated carbocycles. The normalized spacial score (nSPS) is 33.2. The number of hydrogen-bond acceptors (Lipinski definition) is 3. The van der Waals surface area contributed by atoms with E-state index in [9.17, 15) is 4.39 Å². The molecule has 4 heteroatoms. The number of likely N-dealkylation sites (tertiary alicyclic amines) is 2. The van der Waals surface area contributed by atoms with Crippen LogP contribution in [0.2, 0.25) is 0 Å². The third kappa shape index (κ3) is 5.40. The van der Waals surface area contributed by atoms with Gasteiger partial charge in [0.2, 0.25) is 0 Å². The zero-order chi connectivity index (χ0) is 18.7. The van der Waals surface area contributed by atoms with Gasteiger partial charge in [-0.15, -0.1) is 0 Å². The monoisotopic (exact) mass is 356 g/mol. The van der Waals surface area contributed by atoms with Gasteiger partial charge in [-0.1, -0.05) is 27.7 Å². The first-order valence-corrected chi connectivity index (χ1v) is 10.5.